The van der Waals surface area contributed by atoms with Crippen LogP contribution in [0.3, 0.4) is 0 Å². The molecule has 11 aromatic rings. The molecule has 0 N–H and O–H groups in total. The van der Waals surface area contributed by atoms with E-state index in [9.17, 15) is 5.48 Å². The average Bonchev–Trinajstić information content (AvgIpc) is 4.05. The van der Waals surface area contributed by atoms with Gasteiger partial charge in [-0.15, -0.1) is 0 Å². The van der Waals surface area contributed by atoms with Gasteiger partial charge in [0.05, 0.1) is 42.1 Å². The van der Waals surface area contributed by atoms with E-state index in [-0.39, 0.29) is 34.6 Å². The van der Waals surface area contributed by atoms with Crippen LogP contribution in [-0.4, -0.2) is 16.6 Å². The summed E-state index contributed by atoms with van der Waals surface area (Å²) in [6.07, 6.45) is 5.55. The molecule has 336 valence electrons. The van der Waals surface area contributed by atoms with Gasteiger partial charge in [0.1, 0.15) is 12.5 Å². The van der Waals surface area contributed by atoms with Gasteiger partial charge in [-0.2, -0.15) is 0 Å². The molecule has 9 aromatic carbocycles. The van der Waals surface area contributed by atoms with Crippen molar-refractivity contribution >= 4 is 57.0 Å². The molecule has 0 saturated carbocycles. The Morgan fingerprint density at radius 1 is 0.394 bits per heavy atom. The van der Waals surface area contributed by atoms with Gasteiger partial charge >= 0.3 is 0 Å². The van der Waals surface area contributed by atoms with Crippen LogP contribution in [0.1, 0.15) is 13.7 Å². The van der Waals surface area contributed by atoms with Crippen molar-refractivity contribution in [3.63, 3.8) is 0 Å². The van der Waals surface area contributed by atoms with Gasteiger partial charge in [-0.3, -0.25) is 9.88 Å². The number of hydrogen-bond acceptors (Lipinski definition) is 6. The average molecular weight is 921 g/mol. The fraction of sp³-hybridized carbons (Fsp3) is 0.0154. The molecule has 0 radical (unpaired) electrons. The maximum atomic E-state index is 9.23. The van der Waals surface area contributed by atoms with Crippen molar-refractivity contribution in [1.29, 1.82) is 0 Å². The fourth-order valence-corrected chi connectivity index (χ4v) is 10.0. The second-order valence-corrected chi connectivity index (χ2v) is 17.1. The molecule has 0 saturated heterocycles. The zero-order valence-electron chi connectivity index (χ0n) is 48.0. The summed E-state index contributed by atoms with van der Waals surface area (Å²) in [6.45, 7) is 0.0786. The lowest BCUT2D eigenvalue weighted by molar-refractivity contribution is 0.992. The van der Waals surface area contributed by atoms with E-state index in [1.165, 1.54) is 0 Å². The third-order valence-corrected chi connectivity index (χ3v) is 13.1. The van der Waals surface area contributed by atoms with Crippen LogP contribution in [-0.2, 0) is 0 Å². The minimum absolute atomic E-state index is 0.0786. The Kier molecular flexibility index (Phi) is 8.11. The van der Waals surface area contributed by atoms with Crippen LogP contribution in [0.25, 0.3) is 55.6 Å². The Bertz CT molecular complexity index is 4170. The summed E-state index contributed by atoms with van der Waals surface area (Å²) >= 11 is 0. The van der Waals surface area contributed by atoms with Gasteiger partial charge in [-0.25, -0.2) is 4.98 Å². The molecular weight excluding hydrogens is 865 g/mol. The van der Waals surface area contributed by atoms with Crippen molar-refractivity contribution in [1.82, 2.24) is 9.97 Å². The first kappa shape index (κ1) is 32.3. The first-order valence-electron chi connectivity index (χ1n) is 28.3. The quantitative estimate of drug-likeness (QED) is 0.144. The van der Waals surface area contributed by atoms with E-state index in [2.05, 4.69) is 98.5 Å². The molecule has 2 aromatic heterocycles. The zero-order valence-corrected chi connectivity index (χ0v) is 38.0. The summed E-state index contributed by atoms with van der Waals surface area (Å²) in [5.74, 6) is 0.740. The van der Waals surface area contributed by atoms with E-state index in [1.807, 2.05) is 108 Å². The number of anilines is 10. The van der Waals surface area contributed by atoms with Crippen LogP contribution in [0.4, 0.5) is 57.0 Å². The number of para-hydroxylation sites is 5. The molecule has 6 nitrogen and oxygen atoms in total. The molecule has 2 aliphatic rings. The number of hydrogen-bond donors (Lipinski definition) is 0. The summed E-state index contributed by atoms with van der Waals surface area (Å²) in [4.78, 5) is 18.0. The minimum Gasteiger partial charge on any atom is -0.321 e. The van der Waals surface area contributed by atoms with Crippen LogP contribution >= 0.6 is 0 Å². The normalized spacial score (nSPS) is 14.3. The van der Waals surface area contributed by atoms with Crippen molar-refractivity contribution in [2.45, 2.75) is 0 Å². The molecule has 0 spiro atoms. The fourth-order valence-electron chi connectivity index (χ4n) is 10.0. The predicted octanol–water partition coefficient (Wildman–Crippen LogP) is 17.3. The van der Waals surface area contributed by atoms with E-state index in [4.69, 9.17) is 13.2 Å². The number of aromatic nitrogens is 2. The van der Waals surface area contributed by atoms with Crippen molar-refractivity contribution in [2.24, 2.45) is 0 Å². The number of pyridine rings is 2. The molecule has 2 aliphatic heterocycles. The Morgan fingerprint density at radius 3 is 1.75 bits per heavy atom. The Balaban J connectivity index is 1.04. The molecule has 0 aliphatic carbocycles. The first-order valence-corrected chi connectivity index (χ1v) is 23.3. The number of benzene rings is 9. The van der Waals surface area contributed by atoms with Gasteiger partial charge in [-0.05, 0) is 107 Å². The molecule has 13 rings (SSSR count). The second-order valence-electron chi connectivity index (χ2n) is 17.1. The number of nitrogens with zero attached hydrogens (tertiary/aromatic N) is 6. The van der Waals surface area contributed by atoms with E-state index < -0.39 is 60.4 Å². The number of fused-ring (bicyclic) bond motifs is 6. The SMILES string of the molecule is [2H]c1c([2H])c([2H])c(-c2cccc(-c3c([2H])c([2H])c([2H])c([2H])c3[2H])c2N2CN(c3cc(-c4ccccc4)cc(N(c4ccccc4)c4ccc5c(c4)N(c4ccccn4)c4ccccc4-c4cnccc4-5)c3)c3ccccc32)c([2H])c1[2H]. The third kappa shape index (κ3) is 7.46. The highest BCUT2D eigenvalue weighted by Crippen LogP contribution is 2.54. The molecule has 0 amide bonds. The smallest absolute Gasteiger partial charge is 0.137 e. The van der Waals surface area contributed by atoms with Crippen molar-refractivity contribution in [3.05, 3.63) is 267 Å². The summed E-state index contributed by atoms with van der Waals surface area (Å²) < 4.78 is 88.9. The summed E-state index contributed by atoms with van der Waals surface area (Å²) in [6, 6.07) is 57.2. The van der Waals surface area contributed by atoms with Crippen molar-refractivity contribution < 1.29 is 13.7 Å². The highest BCUT2D eigenvalue weighted by atomic mass is 15.4. The molecule has 0 fully saturated rings. The second kappa shape index (κ2) is 17.9. The lowest BCUT2D eigenvalue weighted by atomic mass is 9.95. The van der Waals surface area contributed by atoms with Crippen LogP contribution in [0.5, 0.6) is 0 Å². The van der Waals surface area contributed by atoms with Crippen LogP contribution in [0.2, 0.25) is 0 Å². The minimum atomic E-state index is -0.557. The van der Waals surface area contributed by atoms with Gasteiger partial charge in [0.15, 0.2) is 0 Å². The molecular formula is C65H46N6. The first-order chi connectivity index (χ1) is 39.4. The molecule has 6 heteroatoms. The molecule has 0 bridgehead atoms. The zero-order chi connectivity index (χ0) is 55.8. The van der Waals surface area contributed by atoms with E-state index >= 15 is 0 Å². The Labute approximate surface area is 428 Å². The predicted molar refractivity (Wildman–Crippen MR) is 294 cm³/mol. The van der Waals surface area contributed by atoms with Gasteiger partial charge < -0.3 is 14.7 Å². The topological polar surface area (TPSA) is 38.7 Å². The molecule has 71 heavy (non-hydrogen) atoms. The largest absolute Gasteiger partial charge is 0.321 e. The Morgan fingerprint density at radius 2 is 1.03 bits per heavy atom. The van der Waals surface area contributed by atoms with Gasteiger partial charge in [0.2, 0.25) is 0 Å². The van der Waals surface area contributed by atoms with Crippen LogP contribution < -0.4 is 19.6 Å². The van der Waals surface area contributed by atoms with Gasteiger partial charge in [0, 0.05) is 69.2 Å². The van der Waals surface area contributed by atoms with Gasteiger partial charge in [-0.1, -0.05) is 170 Å². The third-order valence-electron chi connectivity index (χ3n) is 13.1. The lowest BCUT2D eigenvalue weighted by Crippen LogP contribution is -2.25. The summed E-state index contributed by atoms with van der Waals surface area (Å²) in [5.41, 5.74) is 13.0. The standard InChI is InChI=1S/C65H46N6/c1-5-20-46(21-6-1)49-40-52(68-45-69(62-33-16-15-32-61(62)68)65-54(47-22-7-2-8-23-47)29-19-30-55(65)48-24-9-3-10-25-48)42-53(41-49)70(50-26-11-4-12-27-50)51-35-36-58-56-37-39-66-44-59(56)57-28-13-14-31-60(57)71(63(58)43-51)64-34-17-18-38-67-64/h1-44H,45H2/i2D,3D,7D,8D,9D,10D,22D,23D,24D,25D. The maximum absolute atomic E-state index is 9.23. The van der Waals surface area contributed by atoms with E-state index in [0.29, 0.717) is 5.69 Å². The molecule has 0 unspecified atom stereocenters. The van der Waals surface area contributed by atoms with E-state index in [1.54, 1.807) is 24.4 Å². The monoisotopic (exact) mass is 920 g/mol. The highest BCUT2D eigenvalue weighted by Gasteiger charge is 2.33. The van der Waals surface area contributed by atoms with Crippen molar-refractivity contribution in [2.75, 3.05) is 26.3 Å². The van der Waals surface area contributed by atoms with Crippen LogP contribution in [0, 0.1) is 0 Å². The van der Waals surface area contributed by atoms with Crippen LogP contribution in [0.15, 0.2) is 267 Å². The highest BCUT2D eigenvalue weighted by molar-refractivity contribution is 6.04. The maximum Gasteiger partial charge on any atom is 0.137 e. The molecule has 4 heterocycles. The lowest BCUT2D eigenvalue weighted by Gasteiger charge is -2.31. The van der Waals surface area contributed by atoms with Crippen molar-refractivity contribution in [3.8, 4) is 55.6 Å². The van der Waals surface area contributed by atoms with Gasteiger partial charge in [0.25, 0.3) is 0 Å². The Hall–Kier alpha value is -9.52. The van der Waals surface area contributed by atoms with E-state index in [0.717, 1.165) is 79.0 Å². The summed E-state index contributed by atoms with van der Waals surface area (Å²) in [7, 11) is 0. The molecule has 0 atom stereocenters. The number of rotatable bonds is 9. The summed E-state index contributed by atoms with van der Waals surface area (Å²) in [5, 5.41) is 0.